The van der Waals surface area contributed by atoms with Gasteiger partial charge in [0.1, 0.15) is 5.60 Å². The van der Waals surface area contributed by atoms with Crippen molar-refractivity contribution < 1.29 is 9.90 Å². The van der Waals surface area contributed by atoms with Crippen LogP contribution in [0.5, 0.6) is 0 Å². The third-order valence-corrected chi connectivity index (χ3v) is 5.25. The maximum absolute atomic E-state index is 11.8. The third-order valence-electron chi connectivity index (χ3n) is 3.43. The van der Waals surface area contributed by atoms with Crippen molar-refractivity contribution in [2.45, 2.75) is 32.8 Å². The second-order valence-electron chi connectivity index (χ2n) is 5.39. The van der Waals surface area contributed by atoms with Gasteiger partial charge in [-0.1, -0.05) is 0 Å². The molecule has 2 rings (SSSR count). The van der Waals surface area contributed by atoms with Crippen molar-refractivity contribution in [2.24, 2.45) is 0 Å². The van der Waals surface area contributed by atoms with Crippen LogP contribution in [0.4, 0.5) is 4.79 Å². The van der Waals surface area contributed by atoms with Gasteiger partial charge in [-0.2, -0.15) is 11.3 Å². The molecule has 1 unspecified atom stereocenters. The van der Waals surface area contributed by atoms with Gasteiger partial charge in [-0.3, -0.25) is 0 Å². The standard InChI is InChI=1S/C15H21N3O2S2/c1-10-11(2)22-13(18-10)4-6-16-14(19)17-9-15(3,20)12-5-7-21-8-12/h5,7-8,20H,4,6,9H2,1-3H3,(H2,16,17,19). The Kier molecular flexibility index (Phi) is 5.55. The van der Waals surface area contributed by atoms with Gasteiger partial charge in [0.15, 0.2) is 0 Å². The molecule has 0 aromatic carbocycles. The minimum Gasteiger partial charge on any atom is -0.384 e. The molecule has 0 saturated carbocycles. The van der Waals surface area contributed by atoms with Gasteiger partial charge in [0.25, 0.3) is 0 Å². The smallest absolute Gasteiger partial charge is 0.314 e. The summed E-state index contributed by atoms with van der Waals surface area (Å²) in [5, 5.41) is 20.6. The number of thiazole rings is 1. The molecule has 0 spiro atoms. The molecule has 22 heavy (non-hydrogen) atoms. The second kappa shape index (κ2) is 7.21. The van der Waals surface area contributed by atoms with Crippen LogP contribution in [0.3, 0.4) is 0 Å². The summed E-state index contributed by atoms with van der Waals surface area (Å²) in [7, 11) is 0. The number of carbonyl (C=O) groups excluding carboxylic acids is 1. The van der Waals surface area contributed by atoms with E-state index in [0.717, 1.165) is 16.3 Å². The summed E-state index contributed by atoms with van der Waals surface area (Å²) in [4.78, 5) is 17.4. The van der Waals surface area contributed by atoms with Crippen LogP contribution < -0.4 is 10.6 Å². The second-order valence-corrected chi connectivity index (χ2v) is 7.46. The van der Waals surface area contributed by atoms with Crippen LogP contribution in [0.15, 0.2) is 16.8 Å². The Morgan fingerprint density at radius 1 is 1.41 bits per heavy atom. The first-order chi connectivity index (χ1) is 10.4. The number of thiophene rings is 1. The minimum absolute atomic E-state index is 0.172. The van der Waals surface area contributed by atoms with E-state index in [4.69, 9.17) is 0 Å². The predicted octanol–water partition coefficient (Wildman–Crippen LogP) is 2.57. The number of amides is 2. The number of hydrogen-bond donors (Lipinski definition) is 3. The summed E-state index contributed by atoms with van der Waals surface area (Å²) < 4.78 is 0. The van der Waals surface area contributed by atoms with Crippen LogP contribution >= 0.6 is 22.7 Å². The van der Waals surface area contributed by atoms with E-state index in [1.807, 2.05) is 30.7 Å². The molecule has 0 saturated heterocycles. The zero-order chi connectivity index (χ0) is 16.2. The molecule has 0 fully saturated rings. The highest BCUT2D eigenvalue weighted by molar-refractivity contribution is 7.11. The largest absolute Gasteiger partial charge is 0.384 e. The molecule has 0 bridgehead atoms. The van der Waals surface area contributed by atoms with E-state index in [0.29, 0.717) is 13.0 Å². The Bertz CT molecular complexity index is 601. The van der Waals surface area contributed by atoms with E-state index in [9.17, 15) is 9.90 Å². The zero-order valence-corrected chi connectivity index (χ0v) is 14.6. The van der Waals surface area contributed by atoms with Crippen molar-refractivity contribution in [2.75, 3.05) is 13.1 Å². The highest BCUT2D eigenvalue weighted by Crippen LogP contribution is 2.21. The van der Waals surface area contributed by atoms with E-state index in [2.05, 4.69) is 15.6 Å². The average molecular weight is 339 g/mol. The Hall–Kier alpha value is -1.44. The SMILES string of the molecule is Cc1nc(CCNC(=O)NCC(C)(O)c2ccsc2)sc1C. The summed E-state index contributed by atoms with van der Waals surface area (Å²) >= 11 is 3.18. The van der Waals surface area contributed by atoms with E-state index < -0.39 is 5.60 Å². The van der Waals surface area contributed by atoms with Crippen LogP contribution in [0.2, 0.25) is 0 Å². The molecule has 2 heterocycles. The minimum atomic E-state index is -1.05. The average Bonchev–Trinajstić information content (AvgIpc) is 3.08. The van der Waals surface area contributed by atoms with Crippen molar-refractivity contribution in [3.63, 3.8) is 0 Å². The summed E-state index contributed by atoms with van der Waals surface area (Å²) in [6, 6.07) is 1.58. The number of hydrogen-bond acceptors (Lipinski definition) is 5. The molecule has 0 aliphatic rings. The molecule has 2 aromatic heterocycles. The monoisotopic (exact) mass is 339 g/mol. The first-order valence-electron chi connectivity index (χ1n) is 7.08. The normalized spacial score (nSPS) is 13.6. The fourth-order valence-corrected chi connectivity index (χ4v) is 3.63. The van der Waals surface area contributed by atoms with Gasteiger partial charge >= 0.3 is 6.03 Å². The van der Waals surface area contributed by atoms with E-state index in [1.165, 1.54) is 16.2 Å². The molecule has 0 aliphatic carbocycles. The number of carbonyl (C=O) groups is 1. The zero-order valence-electron chi connectivity index (χ0n) is 13.0. The molecule has 120 valence electrons. The molecule has 3 N–H and O–H groups in total. The lowest BCUT2D eigenvalue weighted by Gasteiger charge is -2.22. The molecular weight excluding hydrogens is 318 g/mol. The first-order valence-corrected chi connectivity index (χ1v) is 8.84. The highest BCUT2D eigenvalue weighted by Gasteiger charge is 2.24. The molecular formula is C15H21N3O2S2. The molecule has 2 aromatic rings. The number of nitrogens with zero attached hydrogens (tertiary/aromatic N) is 1. The molecule has 7 heteroatoms. The number of urea groups is 1. The number of aliphatic hydroxyl groups is 1. The highest BCUT2D eigenvalue weighted by atomic mass is 32.1. The summed E-state index contributed by atoms with van der Waals surface area (Å²) in [5.74, 6) is 0. The summed E-state index contributed by atoms with van der Waals surface area (Å²) in [5.41, 5.74) is 0.809. The molecule has 0 radical (unpaired) electrons. The van der Waals surface area contributed by atoms with Gasteiger partial charge in [-0.25, -0.2) is 9.78 Å². The van der Waals surface area contributed by atoms with Crippen LogP contribution in [0.25, 0.3) is 0 Å². The van der Waals surface area contributed by atoms with Crippen molar-refractivity contribution >= 4 is 28.7 Å². The Balaban J connectivity index is 1.72. The molecule has 1 atom stereocenters. The molecule has 0 aliphatic heterocycles. The number of rotatable bonds is 6. The number of nitrogens with one attached hydrogen (secondary N) is 2. The van der Waals surface area contributed by atoms with Gasteiger partial charge < -0.3 is 15.7 Å². The van der Waals surface area contributed by atoms with Gasteiger partial charge in [0, 0.05) is 17.8 Å². The summed E-state index contributed by atoms with van der Waals surface area (Å²) in [6.45, 7) is 6.42. The van der Waals surface area contributed by atoms with Crippen molar-refractivity contribution in [3.05, 3.63) is 38.0 Å². The maximum Gasteiger partial charge on any atom is 0.314 e. The predicted molar refractivity (Wildman–Crippen MR) is 90.6 cm³/mol. The van der Waals surface area contributed by atoms with Crippen LogP contribution in [0.1, 0.15) is 28.1 Å². The van der Waals surface area contributed by atoms with Gasteiger partial charge in [-0.05, 0) is 43.2 Å². The number of aromatic nitrogens is 1. The molecule has 2 amide bonds. The van der Waals surface area contributed by atoms with E-state index in [-0.39, 0.29) is 12.6 Å². The van der Waals surface area contributed by atoms with E-state index in [1.54, 1.807) is 18.3 Å². The lowest BCUT2D eigenvalue weighted by atomic mass is 9.99. The van der Waals surface area contributed by atoms with E-state index >= 15 is 0 Å². The molecule has 5 nitrogen and oxygen atoms in total. The lowest BCUT2D eigenvalue weighted by Crippen LogP contribution is -2.43. The van der Waals surface area contributed by atoms with Crippen LogP contribution in [-0.2, 0) is 12.0 Å². The quantitative estimate of drug-likeness (QED) is 0.757. The fraction of sp³-hybridized carbons (Fsp3) is 0.467. The topological polar surface area (TPSA) is 74.2 Å². The van der Waals surface area contributed by atoms with Crippen LogP contribution in [-0.4, -0.2) is 29.2 Å². The maximum atomic E-state index is 11.8. The van der Waals surface area contributed by atoms with Crippen molar-refractivity contribution in [1.82, 2.24) is 15.6 Å². The lowest BCUT2D eigenvalue weighted by molar-refractivity contribution is 0.0598. The van der Waals surface area contributed by atoms with Crippen molar-refractivity contribution in [1.29, 1.82) is 0 Å². The van der Waals surface area contributed by atoms with Crippen LogP contribution in [0, 0.1) is 13.8 Å². The van der Waals surface area contributed by atoms with Gasteiger partial charge in [0.05, 0.1) is 17.2 Å². The van der Waals surface area contributed by atoms with Crippen molar-refractivity contribution in [3.8, 4) is 0 Å². The summed E-state index contributed by atoms with van der Waals surface area (Å²) in [6.07, 6.45) is 0.716. The Morgan fingerprint density at radius 3 is 2.77 bits per heavy atom. The Morgan fingerprint density at radius 2 is 2.18 bits per heavy atom. The third kappa shape index (κ3) is 4.53. The number of aryl methyl sites for hydroxylation is 2. The van der Waals surface area contributed by atoms with Gasteiger partial charge in [-0.15, -0.1) is 11.3 Å². The Labute approximate surface area is 138 Å². The van der Waals surface area contributed by atoms with Gasteiger partial charge in [0.2, 0.25) is 0 Å². The first kappa shape index (κ1) is 16.9. The fourth-order valence-electron chi connectivity index (χ4n) is 1.92.